The highest BCUT2D eigenvalue weighted by molar-refractivity contribution is 5.95. The van der Waals surface area contributed by atoms with E-state index in [1.165, 1.54) is 6.07 Å². The van der Waals surface area contributed by atoms with Gasteiger partial charge in [0.25, 0.3) is 0 Å². The summed E-state index contributed by atoms with van der Waals surface area (Å²) in [6, 6.07) is 15.8. The third kappa shape index (κ3) is 1.61. The molecule has 5 heteroatoms. The minimum atomic E-state index is -0.369. The summed E-state index contributed by atoms with van der Waals surface area (Å²) < 4.78 is 32.1. The van der Waals surface area contributed by atoms with Gasteiger partial charge in [0, 0.05) is 0 Å². The van der Waals surface area contributed by atoms with E-state index >= 15 is 0 Å². The molecule has 0 saturated carbocycles. The molecule has 0 atom stereocenters. The third-order valence-corrected chi connectivity index (χ3v) is 4.20. The van der Waals surface area contributed by atoms with Crippen molar-refractivity contribution in [1.82, 2.24) is 0 Å². The van der Waals surface area contributed by atoms with E-state index in [0.717, 1.165) is 0 Å². The molecule has 0 spiro atoms. The van der Waals surface area contributed by atoms with Gasteiger partial charge in [-0.25, -0.2) is 4.39 Å². The Balaban J connectivity index is 1.90. The summed E-state index contributed by atoms with van der Waals surface area (Å²) in [4.78, 5) is 1.82. The number of rotatable bonds is 1. The third-order valence-electron chi connectivity index (χ3n) is 4.20. The first-order chi connectivity index (χ1) is 11.8. The van der Waals surface area contributed by atoms with Gasteiger partial charge >= 0.3 is 0 Å². The first-order valence-corrected chi connectivity index (χ1v) is 7.52. The van der Waals surface area contributed by atoms with E-state index in [9.17, 15) is 4.39 Å². The molecule has 3 aromatic carbocycles. The van der Waals surface area contributed by atoms with Gasteiger partial charge in [-0.3, -0.25) is 4.90 Å². The number of anilines is 3. The van der Waals surface area contributed by atoms with Gasteiger partial charge in [-0.2, -0.15) is 0 Å². The molecule has 0 aromatic heterocycles. The molecule has 0 radical (unpaired) electrons. The summed E-state index contributed by atoms with van der Waals surface area (Å²) in [5.74, 6) is 2.52. The molecule has 0 N–H and O–H groups in total. The van der Waals surface area contributed by atoms with Gasteiger partial charge in [0.1, 0.15) is 22.8 Å². The highest BCUT2D eigenvalue weighted by atomic mass is 19.1. The van der Waals surface area contributed by atoms with Gasteiger partial charge < -0.3 is 14.2 Å². The zero-order valence-electron chi connectivity index (χ0n) is 12.7. The van der Waals surface area contributed by atoms with Crippen molar-refractivity contribution in [1.29, 1.82) is 0 Å². The van der Waals surface area contributed by atoms with Crippen molar-refractivity contribution in [2.45, 2.75) is 0 Å². The molecule has 24 heavy (non-hydrogen) atoms. The Kier molecular flexibility index (Phi) is 2.56. The molecule has 0 aliphatic carbocycles. The largest absolute Gasteiger partial charge is 0.494 e. The molecule has 2 aliphatic heterocycles. The summed E-state index contributed by atoms with van der Waals surface area (Å²) in [6.07, 6.45) is 0. The van der Waals surface area contributed by atoms with E-state index in [0.29, 0.717) is 45.8 Å². The number of hydrogen-bond donors (Lipinski definition) is 0. The van der Waals surface area contributed by atoms with Crippen molar-refractivity contribution in [2.75, 3.05) is 12.0 Å². The van der Waals surface area contributed by atoms with Crippen LogP contribution in [0.5, 0.6) is 28.7 Å². The molecule has 118 valence electrons. The van der Waals surface area contributed by atoms with Crippen LogP contribution in [-0.2, 0) is 0 Å². The second kappa shape index (κ2) is 4.64. The summed E-state index contributed by atoms with van der Waals surface area (Å²) in [7, 11) is 1.58. The average molecular weight is 321 g/mol. The van der Waals surface area contributed by atoms with Crippen molar-refractivity contribution in [3.63, 3.8) is 0 Å². The van der Waals surface area contributed by atoms with E-state index < -0.39 is 0 Å². The van der Waals surface area contributed by atoms with Crippen LogP contribution in [0.25, 0.3) is 0 Å². The fourth-order valence-electron chi connectivity index (χ4n) is 3.22. The number of halogens is 1. The maximum Gasteiger partial charge on any atom is 0.155 e. The molecule has 2 heterocycles. The van der Waals surface area contributed by atoms with E-state index in [1.807, 2.05) is 41.3 Å². The Morgan fingerprint density at radius 2 is 1.29 bits per heavy atom. The van der Waals surface area contributed by atoms with Crippen LogP contribution in [0.2, 0.25) is 0 Å². The van der Waals surface area contributed by atoms with E-state index in [2.05, 4.69) is 0 Å². The van der Waals surface area contributed by atoms with Crippen LogP contribution in [0.15, 0.2) is 54.6 Å². The molecule has 5 rings (SSSR count). The van der Waals surface area contributed by atoms with E-state index in [4.69, 9.17) is 14.2 Å². The summed E-state index contributed by atoms with van der Waals surface area (Å²) in [6.45, 7) is 0. The Hall–Kier alpha value is -3.21. The molecule has 0 amide bonds. The average Bonchev–Trinajstić information content (AvgIpc) is 2.61. The Morgan fingerprint density at radius 3 is 1.96 bits per heavy atom. The highest BCUT2D eigenvalue weighted by Gasteiger charge is 2.37. The molecule has 3 aromatic rings. The van der Waals surface area contributed by atoms with Crippen LogP contribution < -0.4 is 19.1 Å². The fraction of sp³-hybridized carbons (Fsp3) is 0.0526. The smallest absolute Gasteiger partial charge is 0.155 e. The van der Waals surface area contributed by atoms with Crippen LogP contribution in [0, 0.1) is 5.82 Å². The molecular formula is C19H12FNO3. The van der Waals surface area contributed by atoms with E-state index in [-0.39, 0.29) is 5.82 Å². The number of fused-ring (bicyclic) bond motifs is 4. The van der Waals surface area contributed by atoms with Gasteiger partial charge in [0.05, 0.1) is 7.11 Å². The molecule has 4 nitrogen and oxygen atoms in total. The lowest BCUT2D eigenvalue weighted by atomic mass is 10.1. The summed E-state index contributed by atoms with van der Waals surface area (Å²) in [5.41, 5.74) is 1.69. The minimum absolute atomic E-state index is 0.353. The minimum Gasteiger partial charge on any atom is -0.494 e. The second-order valence-electron chi connectivity index (χ2n) is 5.54. The number of hydrogen-bond acceptors (Lipinski definition) is 4. The van der Waals surface area contributed by atoms with Crippen LogP contribution in [-0.4, -0.2) is 7.11 Å². The zero-order chi connectivity index (χ0) is 16.3. The predicted octanol–water partition coefficient (Wildman–Crippen LogP) is 5.52. The predicted molar refractivity (Wildman–Crippen MR) is 87.8 cm³/mol. The van der Waals surface area contributed by atoms with Gasteiger partial charge in [-0.1, -0.05) is 18.2 Å². The maximum atomic E-state index is 14.7. The summed E-state index contributed by atoms with van der Waals surface area (Å²) in [5, 5.41) is 0. The number of benzene rings is 3. The number of para-hydroxylation sites is 3. The van der Waals surface area contributed by atoms with Crippen molar-refractivity contribution < 1.29 is 18.6 Å². The standard InChI is InChI=1S/C19H12FNO3/c1-22-12-6-3-8-14-18(12)21-17-11(20)5-2-7-13(17)23-15-9-4-10-16(24-14)19(15)21/h2-10H,1H3. The lowest BCUT2D eigenvalue weighted by molar-refractivity contribution is 0.404. The van der Waals surface area contributed by atoms with Gasteiger partial charge in [-0.15, -0.1) is 0 Å². The molecule has 2 aliphatic rings. The maximum absolute atomic E-state index is 14.7. The van der Waals surface area contributed by atoms with Crippen LogP contribution in [0.1, 0.15) is 0 Å². The Morgan fingerprint density at radius 1 is 0.750 bits per heavy atom. The van der Waals surface area contributed by atoms with Crippen molar-refractivity contribution in [3.8, 4) is 28.7 Å². The molecular weight excluding hydrogens is 309 g/mol. The first-order valence-electron chi connectivity index (χ1n) is 7.52. The number of nitrogens with zero attached hydrogens (tertiary/aromatic N) is 1. The lowest BCUT2D eigenvalue weighted by Gasteiger charge is -2.38. The van der Waals surface area contributed by atoms with Crippen molar-refractivity contribution >= 4 is 17.1 Å². The SMILES string of the molecule is COc1cccc2c1N1c3c(F)cccc3Oc3cccc(c31)O2. The monoisotopic (exact) mass is 321 g/mol. The zero-order valence-corrected chi connectivity index (χ0v) is 12.7. The van der Waals surface area contributed by atoms with Crippen molar-refractivity contribution in [2.24, 2.45) is 0 Å². The fourth-order valence-corrected chi connectivity index (χ4v) is 3.22. The molecule has 0 fully saturated rings. The molecule has 0 unspecified atom stereocenters. The first kappa shape index (κ1) is 13.2. The molecule has 0 bridgehead atoms. The molecule has 0 saturated heterocycles. The van der Waals surface area contributed by atoms with Gasteiger partial charge in [0.2, 0.25) is 0 Å². The van der Waals surface area contributed by atoms with Gasteiger partial charge in [-0.05, 0) is 36.4 Å². The number of methoxy groups -OCH3 is 1. The second-order valence-corrected chi connectivity index (χ2v) is 5.54. The van der Waals surface area contributed by atoms with E-state index in [1.54, 1.807) is 19.2 Å². The normalized spacial score (nSPS) is 13.2. The van der Waals surface area contributed by atoms with Gasteiger partial charge in [0.15, 0.2) is 28.8 Å². The summed E-state index contributed by atoms with van der Waals surface area (Å²) >= 11 is 0. The Bertz CT molecular complexity index is 952. The lowest BCUT2D eigenvalue weighted by Crippen LogP contribution is -2.21. The Labute approximate surface area is 137 Å². The van der Waals surface area contributed by atoms with Crippen LogP contribution >= 0.6 is 0 Å². The topological polar surface area (TPSA) is 30.9 Å². The van der Waals surface area contributed by atoms with Crippen LogP contribution in [0.4, 0.5) is 21.5 Å². The van der Waals surface area contributed by atoms with Crippen molar-refractivity contribution in [3.05, 3.63) is 60.4 Å². The van der Waals surface area contributed by atoms with Crippen LogP contribution in [0.3, 0.4) is 0 Å². The number of ether oxygens (including phenoxy) is 3. The highest BCUT2D eigenvalue weighted by Crippen LogP contribution is 2.61. The quantitative estimate of drug-likeness (QED) is 0.407.